The van der Waals surface area contributed by atoms with Gasteiger partial charge < -0.3 is 19.1 Å². The van der Waals surface area contributed by atoms with Crippen molar-refractivity contribution in [2.75, 3.05) is 37.8 Å². The molecule has 2 bridgehead atoms. The number of anilines is 1. The SMILES string of the molecule is CCOC(=O)COC1/C(C)=C/C[C@H](C)C(C)SNC(=O)c2ccc3c(c2)N(CCC1CC)CC1(CCCc2c1ccc(Cl)c2F)CO3. The highest BCUT2D eigenvalue weighted by Gasteiger charge is 2.43. The number of nitrogens with one attached hydrogen (secondary N) is 1. The van der Waals surface area contributed by atoms with Crippen molar-refractivity contribution in [3.63, 3.8) is 0 Å². The second-order valence-electron chi connectivity index (χ2n) is 13.3. The minimum Gasteiger partial charge on any atom is -0.490 e. The van der Waals surface area contributed by atoms with E-state index in [-0.39, 0.29) is 46.6 Å². The number of ether oxygens (including phenoxy) is 3. The van der Waals surface area contributed by atoms with Gasteiger partial charge >= 0.3 is 5.97 Å². The van der Waals surface area contributed by atoms with Crippen molar-refractivity contribution in [3.05, 3.63) is 69.5 Å². The molecule has 1 aliphatic carbocycles. The number of fused-ring (bicyclic) bond motifs is 3. The smallest absolute Gasteiger partial charge is 0.332 e. The molecule has 0 radical (unpaired) electrons. The molecule has 0 fully saturated rings. The zero-order valence-corrected chi connectivity index (χ0v) is 29.8. The predicted octanol–water partition coefficient (Wildman–Crippen LogP) is 8.07. The second-order valence-corrected chi connectivity index (χ2v) is 14.9. The van der Waals surface area contributed by atoms with E-state index in [9.17, 15) is 9.59 Å². The lowest BCUT2D eigenvalue weighted by Gasteiger charge is -2.41. The van der Waals surface area contributed by atoms with Gasteiger partial charge in [0.25, 0.3) is 5.91 Å². The molecule has 3 aliphatic rings. The minimum absolute atomic E-state index is 0.105. The van der Waals surface area contributed by atoms with E-state index >= 15 is 4.39 Å². The van der Waals surface area contributed by atoms with E-state index in [1.54, 1.807) is 13.0 Å². The van der Waals surface area contributed by atoms with Crippen molar-refractivity contribution < 1.29 is 28.2 Å². The van der Waals surface area contributed by atoms with E-state index in [2.05, 4.69) is 43.4 Å². The standard InChI is InChI=1S/C37H48ClFN2O5S/c1-6-26-16-18-41-21-37(17-8-9-28-29(37)13-14-30(38)34(28)39)22-46-32-15-12-27(19-31(32)41)36(43)40-47-25(5)23(3)10-11-24(4)35(26)45-20-33(42)44-7-2/h11-15,19,23,25-26,35H,6-10,16-18,20-22H2,1-5H3,(H,40,43)/b24-11+/t23-,25?,26?,35?,37?/m0/s1. The summed E-state index contributed by atoms with van der Waals surface area (Å²) >= 11 is 7.67. The molecule has 256 valence electrons. The fourth-order valence-electron chi connectivity index (χ4n) is 7.22. The Bertz CT molecular complexity index is 1490. The number of allylic oxidation sites excluding steroid dienone is 1. The molecule has 47 heavy (non-hydrogen) atoms. The van der Waals surface area contributed by atoms with Gasteiger partial charge in [0, 0.05) is 29.3 Å². The van der Waals surface area contributed by atoms with Crippen molar-refractivity contribution in [1.82, 2.24) is 4.72 Å². The van der Waals surface area contributed by atoms with Crippen LogP contribution in [-0.4, -0.2) is 56.1 Å². The van der Waals surface area contributed by atoms with Crippen molar-refractivity contribution in [3.8, 4) is 5.75 Å². The molecule has 2 aromatic rings. The Kier molecular flexibility index (Phi) is 11.8. The van der Waals surface area contributed by atoms with Crippen LogP contribution in [0.4, 0.5) is 10.1 Å². The van der Waals surface area contributed by atoms with Crippen molar-refractivity contribution in [1.29, 1.82) is 0 Å². The lowest BCUT2D eigenvalue weighted by molar-refractivity contribution is -0.150. The summed E-state index contributed by atoms with van der Waals surface area (Å²) in [6, 6.07) is 9.26. The van der Waals surface area contributed by atoms with Crippen molar-refractivity contribution in [2.24, 2.45) is 11.8 Å². The number of halogens is 2. The highest BCUT2D eigenvalue weighted by molar-refractivity contribution is 7.98. The Hall–Kier alpha value is -2.75. The molecule has 0 saturated heterocycles. The van der Waals surface area contributed by atoms with Crippen LogP contribution in [-0.2, 0) is 26.1 Å². The van der Waals surface area contributed by atoms with Gasteiger partial charge in [-0.05, 0) is 111 Å². The molecule has 5 rings (SSSR count). The summed E-state index contributed by atoms with van der Waals surface area (Å²) in [4.78, 5) is 28.1. The molecule has 10 heteroatoms. The predicted molar refractivity (Wildman–Crippen MR) is 187 cm³/mol. The van der Waals surface area contributed by atoms with Crippen LogP contribution < -0.4 is 14.4 Å². The molecule has 1 spiro atoms. The molecule has 1 amide bonds. The average Bonchev–Trinajstić information content (AvgIpc) is 3.22. The van der Waals surface area contributed by atoms with Crippen LogP contribution in [0.1, 0.15) is 88.2 Å². The molecule has 1 N–H and O–H groups in total. The maximum absolute atomic E-state index is 15.4. The van der Waals surface area contributed by atoms with Gasteiger partial charge in [-0.2, -0.15) is 0 Å². The van der Waals surface area contributed by atoms with E-state index < -0.39 is 5.41 Å². The van der Waals surface area contributed by atoms with Crippen LogP contribution >= 0.6 is 23.5 Å². The molecular formula is C37H48ClFN2O5S. The van der Waals surface area contributed by atoms with Gasteiger partial charge in [0.1, 0.15) is 18.2 Å². The summed E-state index contributed by atoms with van der Waals surface area (Å²) in [5.74, 6) is 0.253. The third-order valence-electron chi connectivity index (χ3n) is 10.2. The highest BCUT2D eigenvalue weighted by atomic mass is 35.5. The normalized spacial score (nSPS) is 27.9. The van der Waals surface area contributed by atoms with Crippen molar-refractivity contribution >= 4 is 41.1 Å². The van der Waals surface area contributed by atoms with Gasteiger partial charge in [-0.15, -0.1) is 0 Å². The summed E-state index contributed by atoms with van der Waals surface area (Å²) in [5.41, 5.74) is 3.67. The number of carbonyl (C=O) groups excluding carboxylic acids is 2. The summed E-state index contributed by atoms with van der Waals surface area (Å²) < 4.78 is 36.5. The maximum atomic E-state index is 15.4. The van der Waals surface area contributed by atoms with Gasteiger partial charge in [0.05, 0.1) is 30.0 Å². The van der Waals surface area contributed by atoms with E-state index in [1.807, 2.05) is 24.3 Å². The summed E-state index contributed by atoms with van der Waals surface area (Å²) in [6.45, 7) is 12.2. The van der Waals surface area contributed by atoms with E-state index in [0.717, 1.165) is 48.9 Å². The fourth-order valence-corrected chi connectivity index (χ4v) is 8.15. The molecule has 2 heterocycles. The number of hydrogen-bond acceptors (Lipinski definition) is 7. The van der Waals surface area contributed by atoms with Crippen molar-refractivity contribution in [2.45, 2.75) is 89.9 Å². The van der Waals surface area contributed by atoms with E-state index in [0.29, 0.717) is 55.5 Å². The van der Waals surface area contributed by atoms with Gasteiger partial charge in [-0.3, -0.25) is 9.52 Å². The minimum atomic E-state index is -0.458. The van der Waals surface area contributed by atoms with Crippen LogP contribution in [0.25, 0.3) is 0 Å². The van der Waals surface area contributed by atoms with Gasteiger partial charge in [0.2, 0.25) is 0 Å². The topological polar surface area (TPSA) is 77.1 Å². The van der Waals surface area contributed by atoms with Crippen LogP contribution in [0, 0.1) is 17.7 Å². The Morgan fingerprint density at radius 3 is 2.81 bits per heavy atom. The summed E-state index contributed by atoms with van der Waals surface area (Å²) in [5, 5.41) is 0.307. The molecule has 0 aromatic heterocycles. The van der Waals surface area contributed by atoms with Gasteiger partial charge in [-0.25, -0.2) is 9.18 Å². The zero-order valence-electron chi connectivity index (χ0n) is 28.2. The van der Waals surface area contributed by atoms with E-state index in [4.69, 9.17) is 25.8 Å². The van der Waals surface area contributed by atoms with Gasteiger partial charge in [-0.1, -0.05) is 50.9 Å². The quantitative estimate of drug-likeness (QED) is 0.194. The van der Waals surface area contributed by atoms with Crippen LogP contribution in [0.3, 0.4) is 0 Å². The number of nitrogens with zero attached hydrogens (tertiary/aromatic N) is 1. The largest absolute Gasteiger partial charge is 0.490 e. The Balaban J connectivity index is 1.55. The first-order chi connectivity index (χ1) is 22.6. The first-order valence-corrected chi connectivity index (χ1v) is 18.2. The number of hydrogen-bond donors (Lipinski definition) is 1. The first kappa shape index (κ1) is 35.6. The summed E-state index contributed by atoms with van der Waals surface area (Å²) in [6.07, 6.45) is 6.70. The highest BCUT2D eigenvalue weighted by Crippen LogP contribution is 2.45. The lowest BCUT2D eigenvalue weighted by Crippen LogP contribution is -2.46. The monoisotopic (exact) mass is 686 g/mol. The number of amides is 1. The summed E-state index contributed by atoms with van der Waals surface area (Å²) in [7, 11) is 0. The number of carbonyl (C=O) groups is 2. The molecule has 4 unspecified atom stereocenters. The lowest BCUT2D eigenvalue weighted by atomic mass is 9.70. The first-order valence-electron chi connectivity index (χ1n) is 17.0. The molecule has 2 aliphatic heterocycles. The maximum Gasteiger partial charge on any atom is 0.332 e. The molecule has 7 nitrogen and oxygen atoms in total. The Morgan fingerprint density at radius 1 is 1.23 bits per heavy atom. The van der Waals surface area contributed by atoms with Crippen LogP contribution in [0.2, 0.25) is 5.02 Å². The van der Waals surface area contributed by atoms with Crippen LogP contribution in [0.15, 0.2) is 42.0 Å². The fraction of sp³-hybridized carbons (Fsp3) is 0.568. The third kappa shape index (κ3) is 7.94. The number of rotatable bonds is 5. The zero-order chi connectivity index (χ0) is 33.7. The Labute approximate surface area is 288 Å². The molecule has 2 aromatic carbocycles. The molecular weight excluding hydrogens is 639 g/mol. The number of benzene rings is 2. The number of esters is 1. The van der Waals surface area contributed by atoms with Crippen LogP contribution in [0.5, 0.6) is 5.75 Å². The molecule has 0 saturated carbocycles. The Morgan fingerprint density at radius 2 is 2.04 bits per heavy atom. The molecule has 5 atom stereocenters. The van der Waals surface area contributed by atoms with E-state index in [1.165, 1.54) is 11.9 Å². The van der Waals surface area contributed by atoms with Gasteiger partial charge in [0.15, 0.2) is 0 Å². The second kappa shape index (κ2) is 15.6. The average molecular weight is 687 g/mol. The third-order valence-corrected chi connectivity index (χ3v) is 11.6.